The van der Waals surface area contributed by atoms with Gasteiger partial charge < -0.3 is 14.8 Å². The lowest BCUT2D eigenvalue weighted by Crippen LogP contribution is -2.18. The summed E-state index contributed by atoms with van der Waals surface area (Å²) >= 11 is 0. The molecule has 32 heavy (non-hydrogen) atoms. The van der Waals surface area contributed by atoms with Crippen molar-refractivity contribution in [1.82, 2.24) is 15.1 Å². The van der Waals surface area contributed by atoms with Crippen molar-refractivity contribution in [2.24, 2.45) is 0 Å². The molecule has 0 saturated carbocycles. The molecule has 0 spiro atoms. The third-order valence-electron chi connectivity index (χ3n) is 5.59. The lowest BCUT2D eigenvalue weighted by Gasteiger charge is -2.16. The van der Waals surface area contributed by atoms with Gasteiger partial charge in [0.15, 0.2) is 11.5 Å². The monoisotopic (exact) mass is 427 g/mol. The molecule has 4 rings (SSSR count). The molecule has 1 atom stereocenters. The minimum absolute atomic E-state index is 0.160. The van der Waals surface area contributed by atoms with Gasteiger partial charge in [-0.1, -0.05) is 54.6 Å². The molecule has 0 unspecified atom stereocenters. The molecular weight excluding hydrogens is 398 g/mol. The van der Waals surface area contributed by atoms with Crippen LogP contribution in [0.15, 0.2) is 85.1 Å². The lowest BCUT2D eigenvalue weighted by atomic mass is 10.1. The number of benzene rings is 3. The molecule has 5 heteroatoms. The van der Waals surface area contributed by atoms with E-state index < -0.39 is 0 Å². The Kier molecular flexibility index (Phi) is 6.87. The van der Waals surface area contributed by atoms with Crippen molar-refractivity contribution in [3.05, 3.63) is 107 Å². The molecule has 4 aromatic rings. The molecule has 1 heterocycles. The summed E-state index contributed by atoms with van der Waals surface area (Å²) in [5.41, 5.74) is 5.65. The van der Waals surface area contributed by atoms with Gasteiger partial charge >= 0.3 is 0 Å². The number of methoxy groups -OCH3 is 1. The highest BCUT2D eigenvalue weighted by atomic mass is 16.5. The van der Waals surface area contributed by atoms with E-state index in [1.807, 2.05) is 71.5 Å². The van der Waals surface area contributed by atoms with Crippen molar-refractivity contribution in [3.8, 4) is 17.2 Å². The van der Waals surface area contributed by atoms with E-state index in [1.165, 1.54) is 5.56 Å². The standard InChI is InChI=1S/C27H29N3O2/c1-20(25-18-29-30(21(25)2)24-12-8-5-9-13-24)28-17-23-14-15-26(27(16-23)31-3)32-19-22-10-6-4-7-11-22/h4-16,18,20,28H,17,19H2,1-3H3/t20-/m0/s1. The molecular formula is C27H29N3O2. The molecule has 1 aromatic heterocycles. The average Bonchev–Trinajstić information content (AvgIpc) is 3.24. The number of hydrogen-bond acceptors (Lipinski definition) is 4. The molecule has 0 aliphatic carbocycles. The Bertz CT molecular complexity index is 1140. The number of aromatic nitrogens is 2. The van der Waals surface area contributed by atoms with Gasteiger partial charge in [-0.2, -0.15) is 5.10 Å². The molecule has 0 aliphatic heterocycles. The Morgan fingerprint density at radius 3 is 2.34 bits per heavy atom. The van der Waals surface area contributed by atoms with Crippen LogP contribution in [0.2, 0.25) is 0 Å². The highest BCUT2D eigenvalue weighted by Gasteiger charge is 2.14. The Morgan fingerprint density at radius 2 is 1.62 bits per heavy atom. The van der Waals surface area contributed by atoms with E-state index in [0.29, 0.717) is 13.2 Å². The highest BCUT2D eigenvalue weighted by Crippen LogP contribution is 2.29. The van der Waals surface area contributed by atoms with Crippen LogP contribution in [0.1, 0.15) is 35.3 Å². The summed E-state index contributed by atoms with van der Waals surface area (Å²) in [5.74, 6) is 1.48. The summed E-state index contributed by atoms with van der Waals surface area (Å²) in [7, 11) is 1.67. The van der Waals surface area contributed by atoms with E-state index in [-0.39, 0.29) is 6.04 Å². The number of para-hydroxylation sites is 1. The average molecular weight is 428 g/mol. The summed E-state index contributed by atoms with van der Waals surface area (Å²) in [6.07, 6.45) is 1.95. The number of hydrogen-bond donors (Lipinski definition) is 1. The number of rotatable bonds is 9. The quantitative estimate of drug-likeness (QED) is 0.377. The predicted molar refractivity (Wildman–Crippen MR) is 127 cm³/mol. The van der Waals surface area contributed by atoms with Crippen LogP contribution < -0.4 is 14.8 Å². The first-order chi connectivity index (χ1) is 15.7. The van der Waals surface area contributed by atoms with Crippen LogP contribution in [0.5, 0.6) is 11.5 Å². The Labute approximate surface area is 189 Å². The van der Waals surface area contributed by atoms with Crippen LogP contribution in [0.3, 0.4) is 0 Å². The maximum absolute atomic E-state index is 5.97. The van der Waals surface area contributed by atoms with Crippen LogP contribution in [-0.2, 0) is 13.2 Å². The summed E-state index contributed by atoms with van der Waals surface area (Å²) in [5, 5.41) is 8.19. The van der Waals surface area contributed by atoms with Gasteiger partial charge in [0.2, 0.25) is 0 Å². The fraction of sp³-hybridized carbons (Fsp3) is 0.222. The molecule has 0 aliphatic rings. The maximum Gasteiger partial charge on any atom is 0.161 e. The lowest BCUT2D eigenvalue weighted by molar-refractivity contribution is 0.284. The van der Waals surface area contributed by atoms with Gasteiger partial charge in [0, 0.05) is 23.8 Å². The van der Waals surface area contributed by atoms with E-state index in [2.05, 4.69) is 42.5 Å². The van der Waals surface area contributed by atoms with Gasteiger partial charge in [-0.15, -0.1) is 0 Å². The van der Waals surface area contributed by atoms with E-state index in [9.17, 15) is 0 Å². The van der Waals surface area contributed by atoms with E-state index in [0.717, 1.165) is 34.0 Å². The first-order valence-corrected chi connectivity index (χ1v) is 10.8. The largest absolute Gasteiger partial charge is 0.493 e. The normalized spacial score (nSPS) is 11.8. The van der Waals surface area contributed by atoms with Crippen LogP contribution in [-0.4, -0.2) is 16.9 Å². The van der Waals surface area contributed by atoms with Crippen molar-refractivity contribution >= 4 is 0 Å². The zero-order valence-corrected chi connectivity index (χ0v) is 18.8. The molecule has 3 aromatic carbocycles. The zero-order valence-electron chi connectivity index (χ0n) is 18.8. The molecule has 1 N–H and O–H groups in total. The van der Waals surface area contributed by atoms with Crippen molar-refractivity contribution < 1.29 is 9.47 Å². The first-order valence-electron chi connectivity index (χ1n) is 10.8. The van der Waals surface area contributed by atoms with Crippen molar-refractivity contribution in [2.45, 2.75) is 33.0 Å². The van der Waals surface area contributed by atoms with E-state index in [4.69, 9.17) is 9.47 Å². The summed E-state index contributed by atoms with van der Waals surface area (Å²) in [6.45, 7) is 5.49. The van der Waals surface area contributed by atoms with Gasteiger partial charge in [-0.05, 0) is 49.2 Å². The summed E-state index contributed by atoms with van der Waals surface area (Å²) in [6, 6.07) is 26.6. The van der Waals surface area contributed by atoms with E-state index in [1.54, 1.807) is 7.11 Å². The molecule has 0 saturated heterocycles. The fourth-order valence-corrected chi connectivity index (χ4v) is 3.73. The predicted octanol–water partition coefficient (Wildman–Crippen LogP) is 5.62. The second-order valence-corrected chi connectivity index (χ2v) is 7.79. The van der Waals surface area contributed by atoms with Crippen LogP contribution in [0, 0.1) is 6.92 Å². The third kappa shape index (κ3) is 5.01. The second-order valence-electron chi connectivity index (χ2n) is 7.79. The zero-order chi connectivity index (χ0) is 22.3. The highest BCUT2D eigenvalue weighted by molar-refractivity contribution is 5.43. The number of ether oxygens (including phenoxy) is 2. The van der Waals surface area contributed by atoms with Gasteiger partial charge in [-0.25, -0.2) is 4.68 Å². The smallest absolute Gasteiger partial charge is 0.161 e. The third-order valence-corrected chi connectivity index (χ3v) is 5.59. The van der Waals surface area contributed by atoms with Gasteiger partial charge in [0.25, 0.3) is 0 Å². The Hall–Kier alpha value is -3.57. The molecule has 0 radical (unpaired) electrons. The minimum atomic E-state index is 0.160. The fourth-order valence-electron chi connectivity index (χ4n) is 3.73. The Morgan fingerprint density at radius 1 is 0.906 bits per heavy atom. The van der Waals surface area contributed by atoms with Gasteiger partial charge in [0.1, 0.15) is 6.61 Å². The second kappa shape index (κ2) is 10.2. The van der Waals surface area contributed by atoms with Gasteiger partial charge in [0.05, 0.1) is 19.0 Å². The maximum atomic E-state index is 5.97. The van der Waals surface area contributed by atoms with Crippen molar-refractivity contribution in [1.29, 1.82) is 0 Å². The SMILES string of the molecule is COc1cc(CN[C@@H](C)c2cnn(-c3ccccc3)c2C)ccc1OCc1ccccc1. The first kappa shape index (κ1) is 21.7. The van der Waals surface area contributed by atoms with E-state index >= 15 is 0 Å². The van der Waals surface area contributed by atoms with Crippen LogP contribution >= 0.6 is 0 Å². The van der Waals surface area contributed by atoms with Crippen LogP contribution in [0.4, 0.5) is 0 Å². The molecule has 164 valence electrons. The van der Waals surface area contributed by atoms with Gasteiger partial charge in [-0.3, -0.25) is 0 Å². The number of nitrogens with zero attached hydrogens (tertiary/aromatic N) is 2. The molecule has 0 fully saturated rings. The van der Waals surface area contributed by atoms with Crippen molar-refractivity contribution in [3.63, 3.8) is 0 Å². The van der Waals surface area contributed by atoms with Crippen LogP contribution in [0.25, 0.3) is 5.69 Å². The summed E-state index contributed by atoms with van der Waals surface area (Å²) in [4.78, 5) is 0. The molecule has 0 amide bonds. The topological polar surface area (TPSA) is 48.3 Å². The minimum Gasteiger partial charge on any atom is -0.493 e. The molecule has 5 nitrogen and oxygen atoms in total. The Balaban J connectivity index is 1.40. The summed E-state index contributed by atoms with van der Waals surface area (Å²) < 4.78 is 13.5. The van der Waals surface area contributed by atoms with Crippen molar-refractivity contribution in [2.75, 3.05) is 7.11 Å². The molecule has 0 bridgehead atoms. The number of nitrogens with one attached hydrogen (secondary N) is 1.